The van der Waals surface area contributed by atoms with E-state index in [1.54, 1.807) is 36.4 Å². The molecule has 0 aliphatic carbocycles. The van der Waals surface area contributed by atoms with E-state index in [2.05, 4.69) is 6.92 Å². The summed E-state index contributed by atoms with van der Waals surface area (Å²) in [5.74, 6) is 0.461. The van der Waals surface area contributed by atoms with Crippen LogP contribution in [0.2, 0.25) is 0 Å². The normalized spacial score (nSPS) is 11.0. The number of benzene rings is 3. The van der Waals surface area contributed by atoms with Crippen molar-refractivity contribution < 1.29 is 28.9 Å². The first-order valence-corrected chi connectivity index (χ1v) is 14.1. The third kappa shape index (κ3) is 10.9. The fourth-order valence-electron chi connectivity index (χ4n) is 4.27. The van der Waals surface area contributed by atoms with E-state index in [1.165, 1.54) is 25.0 Å². The maximum Gasteiger partial charge on any atom is 0.336 e. The third-order valence-electron chi connectivity index (χ3n) is 6.48. The minimum absolute atomic E-state index is 0.161. The van der Waals surface area contributed by atoms with Crippen LogP contribution < -0.4 is 25.7 Å². The summed E-state index contributed by atoms with van der Waals surface area (Å²) in [4.78, 5) is 23.7. The molecule has 0 amide bonds. The number of carboxylic acid groups (broad SMARTS) is 1. The number of rotatable bonds is 17. The number of aromatic carboxylic acids is 1. The molecule has 0 aromatic heterocycles. The van der Waals surface area contributed by atoms with Crippen molar-refractivity contribution in [2.24, 2.45) is 0 Å². The van der Waals surface area contributed by atoms with Crippen molar-refractivity contribution in [3.05, 3.63) is 83.4 Å². The van der Waals surface area contributed by atoms with Gasteiger partial charge >= 0.3 is 11.9 Å². The average molecular weight is 561 g/mol. The van der Waals surface area contributed by atoms with Gasteiger partial charge in [-0.15, -0.1) is 0 Å². The first kappa shape index (κ1) is 31.1. The predicted molar refractivity (Wildman–Crippen MR) is 162 cm³/mol. The van der Waals surface area contributed by atoms with Crippen molar-refractivity contribution in [3.8, 4) is 17.2 Å². The van der Waals surface area contributed by atoms with E-state index < -0.39 is 11.9 Å². The van der Waals surface area contributed by atoms with E-state index in [4.69, 9.17) is 25.7 Å². The molecule has 0 atom stereocenters. The van der Waals surface area contributed by atoms with Crippen molar-refractivity contribution in [1.82, 2.24) is 0 Å². The summed E-state index contributed by atoms with van der Waals surface area (Å²) in [6.07, 6.45) is 10.7. The fourth-order valence-corrected chi connectivity index (χ4v) is 4.27. The maximum atomic E-state index is 12.2. The van der Waals surface area contributed by atoms with E-state index in [-0.39, 0.29) is 5.56 Å². The second kappa shape index (κ2) is 16.6. The maximum absolute atomic E-state index is 12.2. The van der Waals surface area contributed by atoms with Gasteiger partial charge < -0.3 is 30.8 Å². The second-order valence-corrected chi connectivity index (χ2v) is 9.80. The SMILES string of the molecule is CCCCCCOc1ccc(OC(=O)/C=C/c2ccc(OCCCCCc3c(N)cc(N)cc3C(=O)O)cc2)cc1. The van der Waals surface area contributed by atoms with E-state index >= 15 is 0 Å². The van der Waals surface area contributed by atoms with Crippen molar-refractivity contribution in [3.63, 3.8) is 0 Å². The quantitative estimate of drug-likeness (QED) is 0.0532. The number of ether oxygens (including phenoxy) is 3. The number of esters is 1. The van der Waals surface area contributed by atoms with Gasteiger partial charge in [-0.3, -0.25) is 0 Å². The Kier molecular flexibility index (Phi) is 12.6. The van der Waals surface area contributed by atoms with Crippen LogP contribution in [0.3, 0.4) is 0 Å². The Labute approximate surface area is 241 Å². The average Bonchev–Trinajstić information content (AvgIpc) is 2.95. The number of unbranched alkanes of at least 4 members (excludes halogenated alkanes) is 5. The summed E-state index contributed by atoms with van der Waals surface area (Å²) in [6, 6.07) is 17.5. The highest BCUT2D eigenvalue weighted by atomic mass is 16.5. The Hall–Kier alpha value is -4.46. The summed E-state index contributed by atoms with van der Waals surface area (Å²) in [5, 5.41) is 9.41. The first-order valence-electron chi connectivity index (χ1n) is 14.1. The third-order valence-corrected chi connectivity index (χ3v) is 6.48. The number of nitrogens with two attached hydrogens (primary N) is 2. The lowest BCUT2D eigenvalue weighted by Crippen LogP contribution is -2.08. The van der Waals surface area contributed by atoms with Crippen molar-refractivity contribution in [2.75, 3.05) is 24.7 Å². The summed E-state index contributed by atoms with van der Waals surface area (Å²) < 4.78 is 16.9. The monoisotopic (exact) mass is 560 g/mol. The minimum Gasteiger partial charge on any atom is -0.494 e. The van der Waals surface area contributed by atoms with Gasteiger partial charge in [0.1, 0.15) is 17.2 Å². The molecule has 8 heteroatoms. The minimum atomic E-state index is -1.03. The number of nitrogen functional groups attached to an aromatic ring is 2. The second-order valence-electron chi connectivity index (χ2n) is 9.80. The Bertz CT molecular complexity index is 1290. The van der Waals surface area contributed by atoms with Gasteiger partial charge in [-0.05, 0) is 97.8 Å². The van der Waals surface area contributed by atoms with Crippen LogP contribution in [0.15, 0.2) is 66.7 Å². The van der Waals surface area contributed by atoms with Gasteiger partial charge in [0.2, 0.25) is 0 Å². The van der Waals surface area contributed by atoms with Gasteiger partial charge in [0, 0.05) is 17.5 Å². The topological polar surface area (TPSA) is 134 Å². The van der Waals surface area contributed by atoms with Gasteiger partial charge in [0.05, 0.1) is 18.8 Å². The van der Waals surface area contributed by atoms with E-state index in [9.17, 15) is 14.7 Å². The van der Waals surface area contributed by atoms with Crippen LogP contribution in [-0.4, -0.2) is 30.3 Å². The zero-order valence-corrected chi connectivity index (χ0v) is 23.6. The molecule has 0 radical (unpaired) electrons. The van der Waals surface area contributed by atoms with E-state index in [0.717, 1.165) is 49.2 Å². The van der Waals surface area contributed by atoms with Crippen molar-refractivity contribution in [1.29, 1.82) is 0 Å². The number of hydrogen-bond donors (Lipinski definition) is 3. The lowest BCUT2D eigenvalue weighted by atomic mass is 9.98. The lowest BCUT2D eigenvalue weighted by Gasteiger charge is -2.11. The molecule has 8 nitrogen and oxygen atoms in total. The summed E-state index contributed by atoms with van der Waals surface area (Å²) >= 11 is 0. The Morgan fingerprint density at radius 1 is 0.780 bits per heavy atom. The van der Waals surface area contributed by atoms with Crippen molar-refractivity contribution >= 4 is 29.4 Å². The van der Waals surface area contributed by atoms with Crippen LogP contribution in [-0.2, 0) is 11.2 Å². The molecule has 41 heavy (non-hydrogen) atoms. The Morgan fingerprint density at radius 2 is 1.37 bits per heavy atom. The van der Waals surface area contributed by atoms with E-state index in [0.29, 0.717) is 42.3 Å². The van der Waals surface area contributed by atoms with Gasteiger partial charge in [0.15, 0.2) is 0 Å². The lowest BCUT2D eigenvalue weighted by molar-refractivity contribution is -0.128. The zero-order chi connectivity index (χ0) is 29.5. The molecule has 3 rings (SSSR count). The molecule has 218 valence electrons. The molecule has 0 bridgehead atoms. The summed E-state index contributed by atoms with van der Waals surface area (Å²) in [7, 11) is 0. The molecule has 0 saturated carbocycles. The molecular formula is C33H40N2O6. The van der Waals surface area contributed by atoms with Crippen LogP contribution in [0.1, 0.15) is 73.4 Å². The molecule has 5 N–H and O–H groups in total. The van der Waals surface area contributed by atoms with Gasteiger partial charge in [-0.1, -0.05) is 38.3 Å². The standard InChI is InChI=1S/C33H40N2O6/c1-2-3-4-7-20-40-27-15-17-28(18-16-27)41-32(36)19-12-24-10-13-26(14-11-24)39-21-8-5-6-9-29-30(33(37)38)22-25(34)23-31(29)35/h10-19,22-23H,2-9,20-21,34-35H2,1H3,(H,37,38)/b19-12+. The number of carbonyl (C=O) groups is 2. The molecule has 3 aromatic rings. The van der Waals surface area contributed by atoms with Crippen LogP contribution >= 0.6 is 0 Å². The molecule has 0 spiro atoms. The molecule has 0 heterocycles. The predicted octanol–water partition coefficient (Wildman–Crippen LogP) is 6.92. The van der Waals surface area contributed by atoms with Crippen molar-refractivity contribution in [2.45, 2.75) is 58.3 Å². The smallest absolute Gasteiger partial charge is 0.336 e. The number of hydrogen-bond acceptors (Lipinski definition) is 7. The molecule has 0 saturated heterocycles. The molecule has 0 aliphatic heterocycles. The van der Waals surface area contributed by atoms with Gasteiger partial charge in [0.25, 0.3) is 0 Å². The van der Waals surface area contributed by atoms with E-state index in [1.807, 2.05) is 24.3 Å². The molecule has 0 aliphatic rings. The largest absolute Gasteiger partial charge is 0.494 e. The summed E-state index contributed by atoms with van der Waals surface area (Å²) in [5.41, 5.74) is 14.1. The highest BCUT2D eigenvalue weighted by molar-refractivity contribution is 5.92. The highest BCUT2D eigenvalue weighted by Gasteiger charge is 2.14. The van der Waals surface area contributed by atoms with Gasteiger partial charge in [-0.2, -0.15) is 0 Å². The molecule has 0 unspecified atom stereocenters. The van der Waals surface area contributed by atoms with Gasteiger partial charge in [-0.25, -0.2) is 9.59 Å². The zero-order valence-electron chi connectivity index (χ0n) is 23.6. The van der Waals surface area contributed by atoms with Crippen LogP contribution in [0, 0.1) is 0 Å². The van der Waals surface area contributed by atoms with Crippen LogP contribution in [0.25, 0.3) is 6.08 Å². The highest BCUT2D eigenvalue weighted by Crippen LogP contribution is 2.24. The number of carboxylic acids is 1. The fraction of sp³-hybridized carbons (Fsp3) is 0.333. The Morgan fingerprint density at radius 3 is 1.98 bits per heavy atom. The first-order chi connectivity index (χ1) is 19.9. The Balaban J connectivity index is 1.34. The van der Waals surface area contributed by atoms with Crippen LogP contribution in [0.5, 0.6) is 17.2 Å². The summed E-state index contributed by atoms with van der Waals surface area (Å²) in [6.45, 7) is 3.40. The molecule has 0 fully saturated rings. The number of carbonyl (C=O) groups excluding carboxylic acids is 1. The van der Waals surface area contributed by atoms with Crippen LogP contribution in [0.4, 0.5) is 11.4 Å². The number of anilines is 2. The molecular weight excluding hydrogens is 520 g/mol. The molecule has 3 aromatic carbocycles.